The number of anilines is 3. The first-order valence-corrected chi connectivity index (χ1v) is 11.7. The van der Waals surface area contributed by atoms with Crippen molar-refractivity contribution in [1.29, 1.82) is 0 Å². The number of nitrogens with one attached hydrogen (secondary N) is 2. The summed E-state index contributed by atoms with van der Waals surface area (Å²) in [5.41, 5.74) is 6.54. The molecule has 3 heterocycles. The molecule has 2 amide bonds. The number of aromatic nitrogens is 4. The smallest absolute Gasteiger partial charge is 0.254 e. The third-order valence-corrected chi connectivity index (χ3v) is 6.45. The summed E-state index contributed by atoms with van der Waals surface area (Å²) in [6.45, 7) is 5.68. The summed E-state index contributed by atoms with van der Waals surface area (Å²) in [6, 6.07) is 0.101. The number of carbonyl (C=O) groups is 2. The van der Waals surface area contributed by atoms with E-state index in [1.807, 2.05) is 10.9 Å². The Morgan fingerprint density at radius 2 is 2.00 bits per heavy atom. The first-order valence-electron chi connectivity index (χ1n) is 11.7. The van der Waals surface area contributed by atoms with Gasteiger partial charge < -0.3 is 21.3 Å². The molecule has 0 bridgehead atoms. The number of nitrogens with two attached hydrogens (primary N) is 1. The molecule has 1 saturated heterocycles. The van der Waals surface area contributed by atoms with Gasteiger partial charge in [0, 0.05) is 32.0 Å². The highest BCUT2D eigenvalue weighted by Gasteiger charge is 2.24. The average molecular weight is 453 g/mol. The molecule has 1 atom stereocenters. The Kier molecular flexibility index (Phi) is 7.21. The van der Waals surface area contributed by atoms with E-state index in [1.165, 1.54) is 44.4 Å². The normalized spacial score (nSPS) is 19.2. The van der Waals surface area contributed by atoms with Crippen LogP contribution in [0.1, 0.15) is 61.3 Å². The van der Waals surface area contributed by atoms with E-state index in [2.05, 4.69) is 32.3 Å². The Morgan fingerprint density at radius 3 is 2.76 bits per heavy atom. The van der Waals surface area contributed by atoms with Crippen molar-refractivity contribution in [3.63, 3.8) is 0 Å². The number of hydrogen-bond acceptors (Lipinski definition) is 7. The van der Waals surface area contributed by atoms with Gasteiger partial charge in [-0.2, -0.15) is 10.1 Å². The largest absolute Gasteiger partial charge is 0.369 e. The lowest BCUT2D eigenvalue weighted by Gasteiger charge is -2.32. The van der Waals surface area contributed by atoms with Gasteiger partial charge in [0.2, 0.25) is 11.9 Å². The number of amides is 2. The lowest BCUT2D eigenvalue weighted by atomic mass is 9.89. The summed E-state index contributed by atoms with van der Waals surface area (Å²) in [7, 11) is 0. The maximum absolute atomic E-state index is 12.0. The fourth-order valence-corrected chi connectivity index (χ4v) is 4.62. The van der Waals surface area contributed by atoms with E-state index < -0.39 is 5.91 Å². The maximum Gasteiger partial charge on any atom is 0.254 e. The lowest BCUT2D eigenvalue weighted by Crippen LogP contribution is -2.39. The fourth-order valence-electron chi connectivity index (χ4n) is 4.62. The third-order valence-electron chi connectivity index (χ3n) is 6.45. The first-order chi connectivity index (χ1) is 16.0. The van der Waals surface area contributed by atoms with E-state index in [9.17, 15) is 9.59 Å². The minimum Gasteiger partial charge on any atom is -0.369 e. The molecule has 1 unspecified atom stereocenters. The maximum atomic E-state index is 12.0. The van der Waals surface area contributed by atoms with E-state index >= 15 is 0 Å². The molecular weight excluding hydrogens is 420 g/mol. The Labute approximate surface area is 193 Å². The first kappa shape index (κ1) is 22.8. The SMILES string of the molecule is C=CC(=O)N1CCCC(n2cc(Nc3ncc(C(N)=O)c(NCC4CCCCC4)n3)cn2)C1. The monoisotopic (exact) mass is 452 g/mol. The predicted octanol–water partition coefficient (Wildman–Crippen LogP) is 2.86. The molecular formula is C23H32N8O2. The quantitative estimate of drug-likeness (QED) is 0.525. The molecule has 0 spiro atoms. The molecule has 2 aromatic rings. The second-order valence-corrected chi connectivity index (χ2v) is 8.82. The topological polar surface area (TPSA) is 131 Å². The van der Waals surface area contributed by atoms with Crippen LogP contribution in [0.3, 0.4) is 0 Å². The minimum absolute atomic E-state index is 0.0543. The third kappa shape index (κ3) is 5.68. The Hall–Kier alpha value is -3.43. The van der Waals surface area contributed by atoms with E-state index in [0.29, 0.717) is 24.2 Å². The Bertz CT molecular complexity index is 998. The highest BCUT2D eigenvalue weighted by Crippen LogP contribution is 2.26. The molecule has 4 N–H and O–H groups in total. The van der Waals surface area contributed by atoms with Crippen LogP contribution < -0.4 is 16.4 Å². The minimum atomic E-state index is -0.559. The number of hydrogen-bond donors (Lipinski definition) is 3. The van der Waals surface area contributed by atoms with Gasteiger partial charge in [-0.25, -0.2) is 4.98 Å². The standard InChI is InChI=1S/C23H32N8O2/c1-2-20(32)30-10-6-9-18(15-30)31-14-17(12-27-31)28-23-26-13-19(21(24)33)22(29-23)25-11-16-7-4-3-5-8-16/h2,12-14,16,18H,1,3-11,15H2,(H2,24,33)(H2,25,26,28,29). The number of carbonyl (C=O) groups excluding carboxylic acids is 2. The van der Waals surface area contributed by atoms with Crippen LogP contribution in [0.5, 0.6) is 0 Å². The van der Waals surface area contributed by atoms with E-state index in [0.717, 1.165) is 31.6 Å². The molecule has 1 aliphatic carbocycles. The van der Waals surface area contributed by atoms with Gasteiger partial charge in [-0.05, 0) is 37.7 Å². The molecule has 0 radical (unpaired) electrons. The molecule has 1 saturated carbocycles. The van der Waals surface area contributed by atoms with Crippen molar-refractivity contribution in [3.05, 3.63) is 36.8 Å². The van der Waals surface area contributed by atoms with Crippen LogP contribution in [-0.2, 0) is 4.79 Å². The van der Waals surface area contributed by atoms with E-state index in [1.54, 1.807) is 11.1 Å². The van der Waals surface area contributed by atoms with Crippen molar-refractivity contribution in [1.82, 2.24) is 24.6 Å². The second-order valence-electron chi connectivity index (χ2n) is 8.82. The number of nitrogens with zero attached hydrogens (tertiary/aromatic N) is 5. The van der Waals surface area contributed by atoms with Crippen LogP contribution in [0.4, 0.5) is 17.5 Å². The molecule has 4 rings (SSSR count). The lowest BCUT2D eigenvalue weighted by molar-refractivity contribution is -0.127. The zero-order chi connectivity index (χ0) is 23.2. The van der Waals surface area contributed by atoms with Crippen LogP contribution in [0.25, 0.3) is 0 Å². The zero-order valence-corrected chi connectivity index (χ0v) is 18.9. The van der Waals surface area contributed by atoms with Gasteiger partial charge in [-0.3, -0.25) is 14.3 Å². The molecule has 2 aromatic heterocycles. The summed E-state index contributed by atoms with van der Waals surface area (Å²) in [5.74, 6) is 0.770. The van der Waals surface area contributed by atoms with Crippen LogP contribution in [-0.4, -0.2) is 56.1 Å². The molecule has 10 heteroatoms. The van der Waals surface area contributed by atoms with Crippen molar-refractivity contribution >= 4 is 29.3 Å². The van der Waals surface area contributed by atoms with Crippen molar-refractivity contribution in [3.8, 4) is 0 Å². The van der Waals surface area contributed by atoms with Gasteiger partial charge in [0.15, 0.2) is 0 Å². The van der Waals surface area contributed by atoms with Gasteiger partial charge in [-0.15, -0.1) is 0 Å². The summed E-state index contributed by atoms with van der Waals surface area (Å²) in [6.07, 6.45) is 14.4. The number of rotatable bonds is 8. The molecule has 10 nitrogen and oxygen atoms in total. The van der Waals surface area contributed by atoms with Crippen LogP contribution in [0, 0.1) is 5.92 Å². The highest BCUT2D eigenvalue weighted by molar-refractivity contribution is 5.97. The molecule has 2 fully saturated rings. The Morgan fingerprint density at radius 1 is 1.18 bits per heavy atom. The summed E-state index contributed by atoms with van der Waals surface area (Å²) >= 11 is 0. The zero-order valence-electron chi connectivity index (χ0n) is 18.9. The highest BCUT2D eigenvalue weighted by atomic mass is 16.2. The molecule has 33 heavy (non-hydrogen) atoms. The van der Waals surface area contributed by atoms with Gasteiger partial charge in [0.05, 0.1) is 23.5 Å². The van der Waals surface area contributed by atoms with Gasteiger partial charge in [-0.1, -0.05) is 25.8 Å². The second kappa shape index (κ2) is 10.5. The van der Waals surface area contributed by atoms with Gasteiger partial charge >= 0.3 is 0 Å². The summed E-state index contributed by atoms with van der Waals surface area (Å²) in [5, 5.41) is 10.9. The van der Waals surface area contributed by atoms with Crippen molar-refractivity contribution in [2.45, 2.75) is 51.0 Å². The molecule has 0 aromatic carbocycles. The number of piperidine rings is 1. The molecule has 1 aliphatic heterocycles. The van der Waals surface area contributed by atoms with Crippen molar-refractivity contribution in [2.24, 2.45) is 11.7 Å². The van der Waals surface area contributed by atoms with Gasteiger partial charge in [0.1, 0.15) is 5.82 Å². The summed E-state index contributed by atoms with van der Waals surface area (Å²) in [4.78, 5) is 34.4. The van der Waals surface area contributed by atoms with E-state index in [-0.39, 0.29) is 17.5 Å². The van der Waals surface area contributed by atoms with Crippen LogP contribution in [0.2, 0.25) is 0 Å². The summed E-state index contributed by atoms with van der Waals surface area (Å²) < 4.78 is 1.87. The molecule has 176 valence electrons. The Balaban J connectivity index is 1.43. The van der Waals surface area contributed by atoms with Crippen molar-refractivity contribution < 1.29 is 9.59 Å². The average Bonchev–Trinajstić information content (AvgIpc) is 3.31. The molecule has 2 aliphatic rings. The van der Waals surface area contributed by atoms with E-state index in [4.69, 9.17) is 5.73 Å². The van der Waals surface area contributed by atoms with Crippen LogP contribution in [0.15, 0.2) is 31.2 Å². The predicted molar refractivity (Wildman–Crippen MR) is 126 cm³/mol. The number of primary amides is 1. The van der Waals surface area contributed by atoms with Crippen LogP contribution >= 0.6 is 0 Å². The number of likely N-dealkylation sites (tertiary alicyclic amines) is 1. The van der Waals surface area contributed by atoms with Crippen molar-refractivity contribution in [2.75, 3.05) is 30.3 Å². The van der Waals surface area contributed by atoms with Gasteiger partial charge in [0.25, 0.3) is 5.91 Å². The fraction of sp³-hybridized carbons (Fsp3) is 0.522.